The summed E-state index contributed by atoms with van der Waals surface area (Å²) in [4.78, 5) is 21.2. The summed E-state index contributed by atoms with van der Waals surface area (Å²) in [7, 11) is 0. The van der Waals surface area contributed by atoms with Crippen LogP contribution >= 0.6 is 15.9 Å². The fourth-order valence-electron chi connectivity index (χ4n) is 0.931. The quantitative estimate of drug-likeness (QED) is 0.504. The van der Waals surface area contributed by atoms with Crippen molar-refractivity contribution in [3.8, 4) is 11.5 Å². The van der Waals surface area contributed by atoms with Crippen LogP contribution in [0.3, 0.4) is 0 Å². The van der Waals surface area contributed by atoms with Gasteiger partial charge >= 0.3 is 11.9 Å². The van der Waals surface area contributed by atoms with Crippen molar-refractivity contribution in [1.82, 2.24) is 0 Å². The molecule has 16 heavy (non-hydrogen) atoms. The maximum Gasteiger partial charge on any atom is 0.341 e. The number of carboxylic acids is 1. The van der Waals surface area contributed by atoms with Crippen LogP contribution in [0.2, 0.25) is 0 Å². The summed E-state index contributed by atoms with van der Waals surface area (Å²) in [6, 6.07) is 6.21. The molecule has 0 radical (unpaired) electrons. The van der Waals surface area contributed by atoms with Crippen LogP contribution in [0.5, 0.6) is 11.5 Å². The number of aliphatic carboxylic acids is 1. The average molecular weight is 289 g/mol. The van der Waals surface area contributed by atoms with E-state index >= 15 is 0 Å². The minimum atomic E-state index is -1.07. The number of carboxylic acid groups (broad SMARTS) is 1. The molecule has 1 aromatic rings. The van der Waals surface area contributed by atoms with E-state index in [4.69, 9.17) is 14.6 Å². The van der Waals surface area contributed by atoms with Crippen LogP contribution in [0, 0.1) is 0 Å². The largest absolute Gasteiger partial charge is 0.482 e. The molecule has 0 aromatic heterocycles. The van der Waals surface area contributed by atoms with Crippen molar-refractivity contribution in [2.75, 3.05) is 11.9 Å². The highest BCUT2D eigenvalue weighted by molar-refractivity contribution is 9.09. The Morgan fingerprint density at radius 3 is 2.62 bits per heavy atom. The van der Waals surface area contributed by atoms with Gasteiger partial charge in [0, 0.05) is 6.07 Å². The summed E-state index contributed by atoms with van der Waals surface area (Å²) in [5.41, 5.74) is 0. The smallest absolute Gasteiger partial charge is 0.341 e. The third-order valence-corrected chi connectivity index (χ3v) is 1.97. The number of benzene rings is 1. The lowest BCUT2D eigenvalue weighted by Crippen LogP contribution is -2.10. The summed E-state index contributed by atoms with van der Waals surface area (Å²) in [6.45, 7) is -0.435. The first-order valence-electron chi connectivity index (χ1n) is 4.33. The summed E-state index contributed by atoms with van der Waals surface area (Å²) in [6.07, 6.45) is 0. The lowest BCUT2D eigenvalue weighted by molar-refractivity contribution is -0.139. The first-order chi connectivity index (χ1) is 7.61. The number of carbonyl (C=O) groups excluding carboxylic acids is 1. The predicted octanol–water partition coefficient (Wildman–Crippen LogP) is 1.45. The lowest BCUT2D eigenvalue weighted by Gasteiger charge is -2.05. The molecule has 0 amide bonds. The van der Waals surface area contributed by atoms with Crippen molar-refractivity contribution in [3.05, 3.63) is 24.3 Å². The minimum Gasteiger partial charge on any atom is -0.482 e. The van der Waals surface area contributed by atoms with E-state index in [1.54, 1.807) is 18.2 Å². The number of rotatable bonds is 5. The van der Waals surface area contributed by atoms with Crippen LogP contribution in [0.4, 0.5) is 0 Å². The zero-order chi connectivity index (χ0) is 12.0. The van der Waals surface area contributed by atoms with E-state index < -0.39 is 18.5 Å². The molecular formula is C10H9BrO5. The molecule has 5 nitrogen and oxygen atoms in total. The van der Waals surface area contributed by atoms with Crippen LogP contribution in [-0.4, -0.2) is 29.0 Å². The van der Waals surface area contributed by atoms with Gasteiger partial charge < -0.3 is 14.6 Å². The maximum atomic E-state index is 11.0. The minimum absolute atomic E-state index is 0.0905. The van der Waals surface area contributed by atoms with Gasteiger partial charge in [0.2, 0.25) is 0 Å². The molecule has 0 unspecified atom stereocenters. The molecule has 0 aliphatic carbocycles. The second-order valence-electron chi connectivity index (χ2n) is 2.76. The molecule has 0 saturated carbocycles. The fourth-order valence-corrected chi connectivity index (χ4v) is 1.05. The Morgan fingerprint density at radius 1 is 1.31 bits per heavy atom. The van der Waals surface area contributed by atoms with Crippen molar-refractivity contribution >= 4 is 27.9 Å². The van der Waals surface area contributed by atoms with Crippen LogP contribution in [0.1, 0.15) is 0 Å². The highest BCUT2D eigenvalue weighted by Gasteiger charge is 2.04. The van der Waals surface area contributed by atoms with Crippen molar-refractivity contribution < 1.29 is 24.2 Å². The zero-order valence-electron chi connectivity index (χ0n) is 8.18. The van der Waals surface area contributed by atoms with E-state index in [0.29, 0.717) is 11.5 Å². The molecule has 1 rings (SSSR count). The molecule has 0 aliphatic rings. The van der Waals surface area contributed by atoms with Crippen molar-refractivity contribution in [2.24, 2.45) is 0 Å². The third-order valence-electron chi connectivity index (χ3n) is 1.51. The Labute approximate surface area is 100 Å². The number of ether oxygens (including phenoxy) is 2. The van der Waals surface area contributed by atoms with Crippen molar-refractivity contribution in [2.45, 2.75) is 0 Å². The van der Waals surface area contributed by atoms with E-state index in [1.165, 1.54) is 6.07 Å². The highest BCUT2D eigenvalue weighted by atomic mass is 79.9. The Morgan fingerprint density at radius 2 is 2.00 bits per heavy atom. The standard InChI is InChI=1S/C10H9BrO5/c11-5-10(14)16-8-3-1-2-7(4-8)15-6-9(12)13/h1-4H,5-6H2,(H,12,13). The van der Waals surface area contributed by atoms with Crippen LogP contribution < -0.4 is 9.47 Å². The number of hydrogen-bond acceptors (Lipinski definition) is 4. The molecule has 0 saturated heterocycles. The molecule has 0 atom stereocenters. The van der Waals surface area contributed by atoms with Gasteiger partial charge in [-0.25, -0.2) is 4.79 Å². The van der Waals surface area contributed by atoms with E-state index in [-0.39, 0.29) is 5.33 Å². The molecule has 86 valence electrons. The highest BCUT2D eigenvalue weighted by Crippen LogP contribution is 2.19. The molecule has 1 aromatic carbocycles. The first-order valence-corrected chi connectivity index (χ1v) is 5.45. The van der Waals surface area contributed by atoms with Gasteiger partial charge in [-0.1, -0.05) is 22.0 Å². The number of halogens is 1. The van der Waals surface area contributed by atoms with Gasteiger partial charge in [0.25, 0.3) is 0 Å². The Balaban J connectivity index is 2.63. The predicted molar refractivity (Wildman–Crippen MR) is 59.0 cm³/mol. The van der Waals surface area contributed by atoms with E-state index in [1.807, 2.05) is 0 Å². The van der Waals surface area contributed by atoms with Crippen LogP contribution in [-0.2, 0) is 9.59 Å². The van der Waals surface area contributed by atoms with Gasteiger partial charge in [-0.05, 0) is 12.1 Å². The van der Waals surface area contributed by atoms with Crippen molar-refractivity contribution in [3.63, 3.8) is 0 Å². The molecule has 6 heteroatoms. The zero-order valence-corrected chi connectivity index (χ0v) is 9.77. The molecule has 0 aliphatic heterocycles. The van der Waals surface area contributed by atoms with Gasteiger partial charge in [-0.3, -0.25) is 4.79 Å². The summed E-state index contributed by atoms with van der Waals surface area (Å²) in [5, 5.41) is 8.50. The maximum absolute atomic E-state index is 11.0. The SMILES string of the molecule is O=C(O)COc1cccc(OC(=O)CBr)c1. The number of carbonyl (C=O) groups is 2. The molecule has 0 bridgehead atoms. The second kappa shape index (κ2) is 6.12. The van der Waals surface area contributed by atoms with Gasteiger partial charge in [0.05, 0.1) is 0 Å². The third kappa shape index (κ3) is 4.31. The van der Waals surface area contributed by atoms with Gasteiger partial charge in [-0.15, -0.1) is 0 Å². The van der Waals surface area contributed by atoms with Gasteiger partial charge in [0.15, 0.2) is 6.61 Å². The summed E-state index contributed by atoms with van der Waals surface area (Å²) in [5.74, 6) is -0.854. The van der Waals surface area contributed by atoms with Gasteiger partial charge in [0.1, 0.15) is 16.8 Å². The molecule has 0 fully saturated rings. The Kier molecular flexibility index (Phi) is 4.78. The summed E-state index contributed by atoms with van der Waals surface area (Å²) < 4.78 is 9.82. The topological polar surface area (TPSA) is 72.8 Å². The van der Waals surface area contributed by atoms with E-state index in [0.717, 1.165) is 0 Å². The molecular weight excluding hydrogens is 280 g/mol. The number of esters is 1. The van der Waals surface area contributed by atoms with Gasteiger partial charge in [-0.2, -0.15) is 0 Å². The van der Waals surface area contributed by atoms with Crippen molar-refractivity contribution in [1.29, 1.82) is 0 Å². The van der Waals surface area contributed by atoms with Crippen LogP contribution in [0.15, 0.2) is 24.3 Å². The first kappa shape index (κ1) is 12.5. The van der Waals surface area contributed by atoms with E-state index in [2.05, 4.69) is 15.9 Å². The number of alkyl halides is 1. The van der Waals surface area contributed by atoms with Crippen LogP contribution in [0.25, 0.3) is 0 Å². The summed E-state index contributed by atoms with van der Waals surface area (Å²) >= 11 is 2.96. The lowest BCUT2D eigenvalue weighted by atomic mass is 10.3. The normalized spacial score (nSPS) is 9.56. The Bertz CT molecular complexity index is 391. The molecule has 0 spiro atoms. The second-order valence-corrected chi connectivity index (χ2v) is 3.33. The molecule has 0 heterocycles. The van der Waals surface area contributed by atoms with E-state index in [9.17, 15) is 9.59 Å². The number of hydrogen-bond donors (Lipinski definition) is 1. The fraction of sp³-hybridized carbons (Fsp3) is 0.200. The monoisotopic (exact) mass is 288 g/mol. The average Bonchev–Trinajstić information content (AvgIpc) is 2.26. The Hall–Kier alpha value is -1.56. The molecule has 1 N–H and O–H groups in total.